The maximum atomic E-state index is 12.0. The van der Waals surface area contributed by atoms with Crippen molar-refractivity contribution in [2.24, 2.45) is 5.90 Å². The quantitative estimate of drug-likeness (QED) is 0.453. The van der Waals surface area contributed by atoms with Gasteiger partial charge in [0, 0.05) is 36.8 Å². The summed E-state index contributed by atoms with van der Waals surface area (Å²) in [6, 6.07) is 7.13. The van der Waals surface area contributed by atoms with E-state index in [2.05, 4.69) is 28.9 Å². The molecule has 23 heavy (non-hydrogen) atoms. The van der Waals surface area contributed by atoms with Crippen LogP contribution < -0.4 is 21.7 Å². The summed E-state index contributed by atoms with van der Waals surface area (Å²) in [6.45, 7) is 6.21. The second-order valence-electron chi connectivity index (χ2n) is 4.97. The minimum absolute atomic E-state index is 0.0369. The molecule has 2 aromatic rings. The van der Waals surface area contributed by atoms with Gasteiger partial charge in [-0.2, -0.15) is 0 Å². The van der Waals surface area contributed by atoms with Gasteiger partial charge in [-0.15, -0.1) is 0 Å². The van der Waals surface area contributed by atoms with Gasteiger partial charge in [0.2, 0.25) is 0 Å². The number of hydrogen-bond donors (Lipinski definition) is 2. The number of anilines is 1. The Morgan fingerprint density at radius 3 is 2.70 bits per heavy atom. The van der Waals surface area contributed by atoms with Crippen LogP contribution >= 0.6 is 0 Å². The van der Waals surface area contributed by atoms with E-state index in [4.69, 9.17) is 10.3 Å². The summed E-state index contributed by atoms with van der Waals surface area (Å²) in [4.78, 5) is 30.5. The van der Waals surface area contributed by atoms with E-state index in [9.17, 15) is 9.59 Å². The number of nitrogens with two attached hydrogens (primary N) is 1. The molecule has 1 aromatic heterocycles. The average molecular weight is 319 g/mol. The van der Waals surface area contributed by atoms with Gasteiger partial charge < -0.3 is 19.5 Å². The molecule has 1 amide bonds. The summed E-state index contributed by atoms with van der Waals surface area (Å²) >= 11 is 0. The maximum Gasteiger partial charge on any atom is 0.349 e. The Morgan fingerprint density at radius 2 is 2.04 bits per heavy atom. The zero-order valence-corrected chi connectivity index (χ0v) is 13.3. The summed E-state index contributed by atoms with van der Waals surface area (Å²) in [5.74, 6) is 4.37. The predicted molar refractivity (Wildman–Crippen MR) is 88.5 cm³/mol. The lowest BCUT2D eigenvalue weighted by molar-refractivity contribution is 0.0913. The molecule has 3 N–H and O–H groups in total. The largest absolute Gasteiger partial charge is 0.422 e. The predicted octanol–water partition coefficient (Wildman–Crippen LogP) is 1.26. The smallest absolute Gasteiger partial charge is 0.349 e. The van der Waals surface area contributed by atoms with Crippen molar-refractivity contribution in [2.45, 2.75) is 13.8 Å². The molecule has 1 heterocycles. The monoisotopic (exact) mass is 319 g/mol. The molecule has 0 saturated heterocycles. The van der Waals surface area contributed by atoms with Gasteiger partial charge in [0.1, 0.15) is 11.1 Å². The number of carbonyl (C=O) groups excluding carboxylic acids is 1. The molecule has 124 valence electrons. The lowest BCUT2D eigenvalue weighted by atomic mass is 10.1. The van der Waals surface area contributed by atoms with Gasteiger partial charge in [0.15, 0.2) is 0 Å². The number of nitrogens with one attached hydrogen (secondary N) is 1. The van der Waals surface area contributed by atoms with Crippen LogP contribution in [0.25, 0.3) is 11.0 Å². The maximum absolute atomic E-state index is 12.0. The highest BCUT2D eigenvalue weighted by Crippen LogP contribution is 2.21. The van der Waals surface area contributed by atoms with Crippen LogP contribution in [-0.2, 0) is 4.84 Å². The molecule has 0 aliphatic rings. The Bertz CT molecular complexity index is 738. The van der Waals surface area contributed by atoms with Gasteiger partial charge in [-0.25, -0.2) is 10.7 Å². The highest BCUT2D eigenvalue weighted by Gasteiger charge is 2.14. The SMILES string of the molecule is CCN(CC)c1ccc2cc(C(=O)NCCON)c(=O)oc2c1. The van der Waals surface area contributed by atoms with Gasteiger partial charge in [-0.3, -0.25) is 4.79 Å². The average Bonchev–Trinajstić information content (AvgIpc) is 2.55. The second kappa shape index (κ2) is 7.75. The molecule has 0 spiro atoms. The highest BCUT2D eigenvalue weighted by atomic mass is 16.6. The first-order valence-corrected chi connectivity index (χ1v) is 7.53. The van der Waals surface area contributed by atoms with Crippen molar-refractivity contribution in [2.75, 3.05) is 31.1 Å². The number of fused-ring (bicyclic) bond motifs is 1. The van der Waals surface area contributed by atoms with Crippen molar-refractivity contribution < 1.29 is 14.0 Å². The Morgan fingerprint density at radius 1 is 1.30 bits per heavy atom. The zero-order valence-electron chi connectivity index (χ0n) is 13.3. The summed E-state index contributed by atoms with van der Waals surface area (Å²) in [6.07, 6.45) is 0. The molecule has 7 nitrogen and oxygen atoms in total. The zero-order chi connectivity index (χ0) is 16.8. The van der Waals surface area contributed by atoms with Gasteiger partial charge in [-0.05, 0) is 32.0 Å². The van der Waals surface area contributed by atoms with Gasteiger partial charge >= 0.3 is 5.63 Å². The molecule has 7 heteroatoms. The molecule has 2 rings (SSSR count). The number of rotatable bonds is 7. The lowest BCUT2D eigenvalue weighted by Gasteiger charge is -2.20. The van der Waals surface area contributed by atoms with Crippen molar-refractivity contribution in [1.82, 2.24) is 5.32 Å². The second-order valence-corrected chi connectivity index (χ2v) is 4.97. The fraction of sp³-hybridized carbons (Fsp3) is 0.375. The van der Waals surface area contributed by atoms with E-state index in [0.717, 1.165) is 18.8 Å². The topological polar surface area (TPSA) is 97.8 Å². The first kappa shape index (κ1) is 17.0. The molecule has 0 aliphatic carbocycles. The molecule has 0 bridgehead atoms. The Labute approximate surface area is 134 Å². The van der Waals surface area contributed by atoms with Crippen molar-refractivity contribution >= 4 is 22.6 Å². The van der Waals surface area contributed by atoms with E-state index in [1.807, 2.05) is 18.2 Å². The molecular weight excluding hydrogens is 298 g/mol. The fourth-order valence-electron chi connectivity index (χ4n) is 2.36. The lowest BCUT2D eigenvalue weighted by Crippen LogP contribution is -2.31. The Kier molecular flexibility index (Phi) is 5.72. The number of benzene rings is 1. The summed E-state index contributed by atoms with van der Waals surface area (Å²) in [7, 11) is 0. The summed E-state index contributed by atoms with van der Waals surface area (Å²) in [5, 5.41) is 3.24. The van der Waals surface area contributed by atoms with E-state index in [1.165, 1.54) is 6.07 Å². The minimum Gasteiger partial charge on any atom is -0.422 e. The number of nitrogens with zero attached hydrogens (tertiary/aromatic N) is 1. The van der Waals surface area contributed by atoms with Gasteiger partial charge in [0.05, 0.1) is 6.61 Å². The fourth-order valence-corrected chi connectivity index (χ4v) is 2.36. The molecule has 0 fully saturated rings. The molecule has 0 atom stereocenters. The molecule has 0 unspecified atom stereocenters. The number of hydrogen-bond acceptors (Lipinski definition) is 6. The number of amides is 1. The van der Waals surface area contributed by atoms with Crippen LogP contribution in [0.3, 0.4) is 0 Å². The van der Waals surface area contributed by atoms with Crippen molar-refractivity contribution in [3.05, 3.63) is 40.2 Å². The van der Waals surface area contributed by atoms with E-state index in [0.29, 0.717) is 11.0 Å². The van der Waals surface area contributed by atoms with Crippen LogP contribution in [0.5, 0.6) is 0 Å². The third-order valence-electron chi connectivity index (χ3n) is 3.60. The third-order valence-corrected chi connectivity index (χ3v) is 3.60. The van der Waals surface area contributed by atoms with Crippen LogP contribution in [0.15, 0.2) is 33.5 Å². The summed E-state index contributed by atoms with van der Waals surface area (Å²) < 4.78 is 5.30. The first-order chi connectivity index (χ1) is 11.1. The van der Waals surface area contributed by atoms with Crippen molar-refractivity contribution in [1.29, 1.82) is 0 Å². The van der Waals surface area contributed by atoms with Crippen molar-refractivity contribution in [3.63, 3.8) is 0 Å². The van der Waals surface area contributed by atoms with Crippen molar-refractivity contribution in [3.8, 4) is 0 Å². The standard InChI is InChI=1S/C16H21N3O4/c1-3-19(4-2)12-6-5-11-9-13(15(20)18-7-8-22-17)16(21)23-14(11)10-12/h5-6,9-10H,3-4,7-8,17H2,1-2H3,(H,18,20). The molecular formula is C16H21N3O4. The van der Waals surface area contributed by atoms with E-state index < -0.39 is 11.5 Å². The van der Waals surface area contributed by atoms with E-state index >= 15 is 0 Å². The molecule has 1 aromatic carbocycles. The van der Waals surface area contributed by atoms with Crippen LogP contribution in [0, 0.1) is 0 Å². The minimum atomic E-state index is -0.666. The Balaban J connectivity index is 2.33. The molecule has 0 aliphatic heterocycles. The van der Waals surface area contributed by atoms with E-state index in [-0.39, 0.29) is 18.7 Å². The van der Waals surface area contributed by atoms with Crippen LogP contribution in [-0.4, -0.2) is 32.1 Å². The van der Waals surface area contributed by atoms with Crippen LogP contribution in [0.2, 0.25) is 0 Å². The highest BCUT2D eigenvalue weighted by molar-refractivity contribution is 5.96. The number of carbonyl (C=O) groups is 1. The normalized spacial score (nSPS) is 10.7. The molecule has 0 radical (unpaired) electrons. The third kappa shape index (κ3) is 3.88. The van der Waals surface area contributed by atoms with E-state index in [1.54, 1.807) is 0 Å². The van der Waals surface area contributed by atoms with Gasteiger partial charge in [0.25, 0.3) is 5.91 Å². The van der Waals surface area contributed by atoms with Gasteiger partial charge in [-0.1, -0.05) is 0 Å². The summed E-state index contributed by atoms with van der Waals surface area (Å²) in [5.41, 5.74) is 0.731. The first-order valence-electron chi connectivity index (χ1n) is 7.53. The Hall–Kier alpha value is -2.38. The molecule has 0 saturated carbocycles. The van der Waals surface area contributed by atoms with Crippen LogP contribution in [0.1, 0.15) is 24.2 Å². The van der Waals surface area contributed by atoms with Crippen LogP contribution in [0.4, 0.5) is 5.69 Å².